The van der Waals surface area contributed by atoms with Gasteiger partial charge in [-0.3, -0.25) is 9.67 Å². The molecule has 0 spiro atoms. The standard InChI is InChI=1S/C18H25BrN6/c1-4-20-17(24(2)11-16-22-13-23-25(16)3)21-12-18(8-9-18)14-6-5-7-15(19)10-14/h5-7,10,13H,4,8-9,11-12H2,1-3H3,(H,20,21). The minimum absolute atomic E-state index is 0.191. The van der Waals surface area contributed by atoms with Crippen LogP contribution in [0.4, 0.5) is 0 Å². The zero-order valence-corrected chi connectivity index (χ0v) is 16.6. The number of benzene rings is 1. The summed E-state index contributed by atoms with van der Waals surface area (Å²) in [6.07, 6.45) is 3.97. The van der Waals surface area contributed by atoms with Gasteiger partial charge >= 0.3 is 0 Å². The molecule has 1 aliphatic carbocycles. The second-order valence-corrected chi connectivity index (χ2v) is 7.53. The van der Waals surface area contributed by atoms with Crippen LogP contribution in [0.5, 0.6) is 0 Å². The van der Waals surface area contributed by atoms with Crippen molar-refractivity contribution in [3.05, 3.63) is 46.5 Å². The number of nitrogens with one attached hydrogen (secondary N) is 1. The Hall–Kier alpha value is -1.89. The fraction of sp³-hybridized carbons (Fsp3) is 0.500. The predicted molar refractivity (Wildman–Crippen MR) is 104 cm³/mol. The molecule has 1 aromatic carbocycles. The van der Waals surface area contributed by atoms with Gasteiger partial charge in [0.2, 0.25) is 0 Å². The molecule has 1 heterocycles. The molecule has 6 nitrogen and oxygen atoms in total. The molecule has 1 N–H and O–H groups in total. The number of guanidine groups is 1. The summed E-state index contributed by atoms with van der Waals surface area (Å²) in [7, 11) is 3.95. The van der Waals surface area contributed by atoms with Crippen molar-refractivity contribution in [3.63, 3.8) is 0 Å². The first kappa shape index (κ1) is 17.9. The van der Waals surface area contributed by atoms with Gasteiger partial charge in [0.25, 0.3) is 0 Å². The van der Waals surface area contributed by atoms with E-state index in [1.165, 1.54) is 18.4 Å². The molecule has 0 saturated heterocycles. The van der Waals surface area contributed by atoms with Crippen molar-refractivity contribution >= 4 is 21.9 Å². The summed E-state index contributed by atoms with van der Waals surface area (Å²) in [6.45, 7) is 4.40. The summed E-state index contributed by atoms with van der Waals surface area (Å²) in [5.41, 5.74) is 1.56. The van der Waals surface area contributed by atoms with Gasteiger partial charge in [-0.15, -0.1) is 0 Å². The Morgan fingerprint density at radius 1 is 1.44 bits per heavy atom. The van der Waals surface area contributed by atoms with Crippen molar-refractivity contribution in [2.45, 2.75) is 31.7 Å². The van der Waals surface area contributed by atoms with Crippen LogP contribution in [0.2, 0.25) is 0 Å². The monoisotopic (exact) mass is 404 g/mol. The Bertz CT molecular complexity index is 750. The van der Waals surface area contributed by atoms with Crippen LogP contribution >= 0.6 is 15.9 Å². The van der Waals surface area contributed by atoms with Crippen LogP contribution in [0.15, 0.2) is 40.1 Å². The molecule has 1 fully saturated rings. The highest BCUT2D eigenvalue weighted by atomic mass is 79.9. The summed E-state index contributed by atoms with van der Waals surface area (Å²) in [6, 6.07) is 8.61. The zero-order valence-electron chi connectivity index (χ0n) is 15.0. The Balaban J connectivity index is 1.73. The molecule has 0 bridgehead atoms. The number of hydrogen-bond donors (Lipinski definition) is 1. The van der Waals surface area contributed by atoms with E-state index in [0.29, 0.717) is 6.54 Å². The average molecular weight is 405 g/mol. The Kier molecular flexibility index (Phi) is 5.42. The van der Waals surface area contributed by atoms with Crippen LogP contribution in [-0.4, -0.2) is 45.8 Å². The normalized spacial score (nSPS) is 15.9. The van der Waals surface area contributed by atoms with E-state index >= 15 is 0 Å². The molecule has 25 heavy (non-hydrogen) atoms. The number of hydrogen-bond acceptors (Lipinski definition) is 3. The third kappa shape index (κ3) is 4.21. The molecule has 0 aliphatic heterocycles. The third-order valence-corrected chi connectivity index (χ3v) is 5.20. The lowest BCUT2D eigenvalue weighted by Crippen LogP contribution is -2.39. The van der Waals surface area contributed by atoms with Gasteiger partial charge in [0, 0.05) is 30.5 Å². The fourth-order valence-electron chi connectivity index (χ4n) is 2.95. The quantitative estimate of drug-likeness (QED) is 0.593. The lowest BCUT2D eigenvalue weighted by atomic mass is 9.96. The minimum Gasteiger partial charge on any atom is -0.357 e. The first-order valence-electron chi connectivity index (χ1n) is 8.62. The summed E-state index contributed by atoms with van der Waals surface area (Å²) >= 11 is 3.58. The van der Waals surface area contributed by atoms with Gasteiger partial charge in [-0.05, 0) is 37.5 Å². The number of nitrogens with zero attached hydrogens (tertiary/aromatic N) is 5. The van der Waals surface area contributed by atoms with Gasteiger partial charge in [-0.25, -0.2) is 4.98 Å². The molecular formula is C18H25BrN6. The Labute approximate surface area is 157 Å². The van der Waals surface area contributed by atoms with E-state index in [-0.39, 0.29) is 5.41 Å². The van der Waals surface area contributed by atoms with Gasteiger partial charge < -0.3 is 10.2 Å². The number of halogens is 1. The van der Waals surface area contributed by atoms with Crippen LogP contribution in [0.1, 0.15) is 31.2 Å². The van der Waals surface area contributed by atoms with Crippen molar-refractivity contribution in [3.8, 4) is 0 Å². The molecule has 1 saturated carbocycles. The van der Waals surface area contributed by atoms with Crippen LogP contribution < -0.4 is 5.32 Å². The number of aryl methyl sites for hydroxylation is 1. The highest BCUT2D eigenvalue weighted by Gasteiger charge is 2.44. The summed E-state index contributed by atoms with van der Waals surface area (Å²) in [5, 5.41) is 7.52. The SMILES string of the molecule is CCNC(=NCC1(c2cccc(Br)c2)CC1)N(C)Cc1ncnn1C. The van der Waals surface area contributed by atoms with Crippen molar-refractivity contribution in [1.29, 1.82) is 0 Å². The number of aliphatic imine (C=N–C) groups is 1. The molecular weight excluding hydrogens is 380 g/mol. The van der Waals surface area contributed by atoms with E-state index in [2.05, 4.69) is 67.4 Å². The van der Waals surface area contributed by atoms with Gasteiger partial charge in [0.05, 0.1) is 13.1 Å². The molecule has 7 heteroatoms. The first-order valence-corrected chi connectivity index (χ1v) is 9.42. The third-order valence-electron chi connectivity index (χ3n) is 4.70. The second kappa shape index (κ2) is 7.56. The van der Waals surface area contributed by atoms with Gasteiger partial charge in [-0.1, -0.05) is 28.1 Å². The van der Waals surface area contributed by atoms with E-state index in [1.54, 1.807) is 11.0 Å². The Morgan fingerprint density at radius 2 is 2.24 bits per heavy atom. The maximum absolute atomic E-state index is 4.92. The second-order valence-electron chi connectivity index (χ2n) is 6.62. The molecule has 1 aliphatic rings. The summed E-state index contributed by atoms with van der Waals surface area (Å²) in [5.74, 6) is 1.83. The lowest BCUT2D eigenvalue weighted by molar-refractivity contribution is 0.447. The van der Waals surface area contributed by atoms with Crippen LogP contribution in [0.3, 0.4) is 0 Å². The number of aromatic nitrogens is 3. The van der Waals surface area contributed by atoms with Crippen LogP contribution in [0, 0.1) is 0 Å². The van der Waals surface area contributed by atoms with Crippen LogP contribution in [0.25, 0.3) is 0 Å². The van der Waals surface area contributed by atoms with Gasteiger partial charge in [0.1, 0.15) is 12.2 Å². The summed E-state index contributed by atoms with van der Waals surface area (Å²) in [4.78, 5) is 11.3. The highest BCUT2D eigenvalue weighted by molar-refractivity contribution is 9.10. The molecule has 0 unspecified atom stereocenters. The zero-order chi connectivity index (χ0) is 17.9. The maximum Gasteiger partial charge on any atom is 0.194 e. The van der Waals surface area contributed by atoms with Crippen molar-refractivity contribution in [1.82, 2.24) is 25.0 Å². The van der Waals surface area contributed by atoms with Crippen molar-refractivity contribution < 1.29 is 0 Å². The van der Waals surface area contributed by atoms with E-state index in [1.807, 2.05) is 14.1 Å². The molecule has 2 aromatic rings. The molecule has 134 valence electrons. The Morgan fingerprint density at radius 3 is 2.84 bits per heavy atom. The predicted octanol–water partition coefficient (Wildman–Crippen LogP) is 2.71. The minimum atomic E-state index is 0.191. The maximum atomic E-state index is 4.92. The lowest BCUT2D eigenvalue weighted by Gasteiger charge is -2.23. The molecule has 0 radical (unpaired) electrons. The largest absolute Gasteiger partial charge is 0.357 e. The van der Waals surface area contributed by atoms with Crippen molar-refractivity contribution in [2.24, 2.45) is 12.0 Å². The fourth-order valence-corrected chi connectivity index (χ4v) is 3.35. The van der Waals surface area contributed by atoms with E-state index in [0.717, 1.165) is 29.3 Å². The average Bonchev–Trinajstić information content (AvgIpc) is 3.29. The van der Waals surface area contributed by atoms with Gasteiger partial charge in [0.15, 0.2) is 5.96 Å². The molecule has 0 amide bonds. The van der Waals surface area contributed by atoms with E-state index in [4.69, 9.17) is 4.99 Å². The molecule has 3 rings (SSSR count). The topological polar surface area (TPSA) is 58.3 Å². The smallest absolute Gasteiger partial charge is 0.194 e. The van der Waals surface area contributed by atoms with Crippen molar-refractivity contribution in [2.75, 3.05) is 20.1 Å². The van der Waals surface area contributed by atoms with E-state index in [9.17, 15) is 0 Å². The molecule has 1 aromatic heterocycles. The molecule has 0 atom stereocenters. The number of rotatable bonds is 6. The van der Waals surface area contributed by atoms with E-state index < -0.39 is 0 Å². The van der Waals surface area contributed by atoms with Crippen LogP contribution in [-0.2, 0) is 19.0 Å². The first-order chi connectivity index (χ1) is 12.0. The van der Waals surface area contributed by atoms with Gasteiger partial charge in [-0.2, -0.15) is 5.10 Å². The summed E-state index contributed by atoms with van der Waals surface area (Å²) < 4.78 is 2.93. The highest BCUT2D eigenvalue weighted by Crippen LogP contribution is 2.48.